The molecule has 0 aromatic heterocycles. The zero-order valence-corrected chi connectivity index (χ0v) is 8.11. The lowest BCUT2D eigenvalue weighted by Crippen LogP contribution is -2.32. The van der Waals surface area contributed by atoms with E-state index in [4.69, 9.17) is 10.8 Å². The number of hydrogen-bond acceptors (Lipinski definition) is 3. The van der Waals surface area contributed by atoms with Crippen molar-refractivity contribution in [1.29, 1.82) is 0 Å². The number of carbonyl (C=O) groups is 2. The van der Waals surface area contributed by atoms with E-state index in [1.807, 2.05) is 0 Å². The number of nitrogens with two attached hydrogens (primary N) is 1. The predicted molar refractivity (Wildman–Crippen MR) is 50.9 cm³/mol. The minimum Gasteiger partial charge on any atom is -0.480 e. The Hall–Kier alpha value is -1.82. The standard InChI is InChI=1S/C10H9F2NO3/c11-6-2-1-5(3-7(6)12)9(14)4-8(13)10(15)16/h1-3,8H,4,13H2,(H,15,16)/t8-/m1/s1. The lowest BCUT2D eigenvalue weighted by molar-refractivity contribution is -0.138. The van der Waals surface area contributed by atoms with Crippen LogP contribution in [0.15, 0.2) is 18.2 Å². The van der Waals surface area contributed by atoms with E-state index in [1.54, 1.807) is 0 Å². The summed E-state index contributed by atoms with van der Waals surface area (Å²) in [4.78, 5) is 21.8. The molecule has 0 unspecified atom stereocenters. The minimum absolute atomic E-state index is 0.101. The fraction of sp³-hybridized carbons (Fsp3) is 0.200. The maximum atomic E-state index is 12.8. The molecule has 0 heterocycles. The second-order valence-electron chi connectivity index (χ2n) is 3.20. The van der Waals surface area contributed by atoms with Gasteiger partial charge in [0.05, 0.1) is 0 Å². The number of carboxylic acids is 1. The molecule has 0 fully saturated rings. The molecule has 0 aliphatic rings. The molecule has 3 N–H and O–H groups in total. The number of halogens is 2. The van der Waals surface area contributed by atoms with Gasteiger partial charge in [0.25, 0.3) is 0 Å². The molecule has 0 radical (unpaired) electrons. The van der Waals surface area contributed by atoms with Crippen LogP contribution in [0.3, 0.4) is 0 Å². The molecule has 0 spiro atoms. The van der Waals surface area contributed by atoms with Gasteiger partial charge in [0.1, 0.15) is 6.04 Å². The number of Topliss-reactive ketones (excluding diaryl/α,β-unsaturated/α-hetero) is 1. The first-order chi connectivity index (χ1) is 7.41. The van der Waals surface area contributed by atoms with Crippen LogP contribution in [-0.2, 0) is 4.79 Å². The summed E-state index contributed by atoms with van der Waals surface area (Å²) >= 11 is 0. The molecule has 1 aromatic carbocycles. The van der Waals surface area contributed by atoms with Crippen molar-refractivity contribution in [1.82, 2.24) is 0 Å². The van der Waals surface area contributed by atoms with E-state index in [-0.39, 0.29) is 5.56 Å². The second-order valence-corrected chi connectivity index (χ2v) is 3.20. The molecule has 4 nitrogen and oxygen atoms in total. The highest BCUT2D eigenvalue weighted by Crippen LogP contribution is 2.11. The Balaban J connectivity index is 2.81. The summed E-state index contributed by atoms with van der Waals surface area (Å²) < 4.78 is 25.3. The summed E-state index contributed by atoms with van der Waals surface area (Å²) in [5.41, 5.74) is 5.03. The molecular weight excluding hydrogens is 220 g/mol. The fourth-order valence-electron chi connectivity index (χ4n) is 1.07. The molecule has 0 bridgehead atoms. The largest absolute Gasteiger partial charge is 0.480 e. The Labute approximate surface area is 89.7 Å². The summed E-state index contributed by atoms with van der Waals surface area (Å²) in [6.45, 7) is 0. The Morgan fingerprint density at radius 2 is 1.94 bits per heavy atom. The first-order valence-electron chi connectivity index (χ1n) is 4.38. The van der Waals surface area contributed by atoms with Crippen LogP contribution in [0.4, 0.5) is 8.78 Å². The van der Waals surface area contributed by atoms with Crippen LogP contribution < -0.4 is 5.73 Å². The number of aliphatic carboxylic acids is 1. The maximum Gasteiger partial charge on any atom is 0.320 e. The number of rotatable bonds is 4. The summed E-state index contributed by atoms with van der Waals surface area (Å²) in [7, 11) is 0. The van der Waals surface area contributed by atoms with E-state index < -0.39 is 35.8 Å². The van der Waals surface area contributed by atoms with Gasteiger partial charge in [-0.1, -0.05) is 0 Å². The van der Waals surface area contributed by atoms with E-state index in [0.29, 0.717) is 6.07 Å². The molecule has 0 amide bonds. The third kappa shape index (κ3) is 2.83. The highest BCUT2D eigenvalue weighted by atomic mass is 19.2. The van der Waals surface area contributed by atoms with Crippen LogP contribution >= 0.6 is 0 Å². The Kier molecular flexibility index (Phi) is 3.68. The van der Waals surface area contributed by atoms with Crippen molar-refractivity contribution in [2.45, 2.75) is 12.5 Å². The predicted octanol–water partition coefficient (Wildman–Crippen LogP) is 0.950. The molecule has 16 heavy (non-hydrogen) atoms. The average molecular weight is 229 g/mol. The van der Waals surface area contributed by atoms with Gasteiger partial charge in [-0.25, -0.2) is 8.78 Å². The lowest BCUT2D eigenvalue weighted by atomic mass is 10.0. The maximum absolute atomic E-state index is 12.8. The van der Waals surface area contributed by atoms with E-state index in [0.717, 1.165) is 12.1 Å². The molecule has 1 atom stereocenters. The first-order valence-corrected chi connectivity index (χ1v) is 4.38. The zero-order valence-electron chi connectivity index (χ0n) is 8.11. The second kappa shape index (κ2) is 4.80. The normalized spacial score (nSPS) is 12.2. The molecule has 1 aromatic rings. The van der Waals surface area contributed by atoms with Gasteiger partial charge in [-0.3, -0.25) is 9.59 Å². The van der Waals surface area contributed by atoms with Crippen LogP contribution in [-0.4, -0.2) is 22.9 Å². The minimum atomic E-state index is -1.35. The number of ketones is 1. The molecule has 0 saturated carbocycles. The molecule has 0 aliphatic heterocycles. The SMILES string of the molecule is N[C@H](CC(=O)c1ccc(F)c(F)c1)C(=O)O. The highest BCUT2D eigenvalue weighted by Gasteiger charge is 2.18. The first kappa shape index (κ1) is 12.3. The zero-order chi connectivity index (χ0) is 12.3. The molecule has 0 aliphatic carbocycles. The van der Waals surface area contributed by atoms with Gasteiger partial charge in [-0.05, 0) is 18.2 Å². The van der Waals surface area contributed by atoms with Crippen molar-refractivity contribution in [3.05, 3.63) is 35.4 Å². The van der Waals surface area contributed by atoms with Gasteiger partial charge < -0.3 is 10.8 Å². The van der Waals surface area contributed by atoms with Crippen molar-refractivity contribution in [2.24, 2.45) is 5.73 Å². The van der Waals surface area contributed by atoms with Crippen LogP contribution in [0.5, 0.6) is 0 Å². The third-order valence-corrected chi connectivity index (χ3v) is 1.96. The van der Waals surface area contributed by atoms with E-state index in [9.17, 15) is 18.4 Å². The van der Waals surface area contributed by atoms with E-state index >= 15 is 0 Å². The summed E-state index contributed by atoms with van der Waals surface area (Å²) in [6.07, 6.45) is -0.458. The van der Waals surface area contributed by atoms with E-state index in [2.05, 4.69) is 0 Å². The number of benzene rings is 1. The molecular formula is C10H9F2NO3. The van der Waals surface area contributed by atoms with Crippen LogP contribution in [0.2, 0.25) is 0 Å². The third-order valence-electron chi connectivity index (χ3n) is 1.96. The molecule has 1 rings (SSSR count). The quantitative estimate of drug-likeness (QED) is 0.753. The van der Waals surface area contributed by atoms with E-state index in [1.165, 1.54) is 0 Å². The summed E-state index contributed by atoms with van der Waals surface area (Å²) in [5.74, 6) is -4.20. The van der Waals surface area contributed by atoms with Crippen LogP contribution in [0.25, 0.3) is 0 Å². The van der Waals surface area contributed by atoms with Crippen LogP contribution in [0, 0.1) is 11.6 Å². The van der Waals surface area contributed by atoms with Gasteiger partial charge in [0.2, 0.25) is 0 Å². The summed E-state index contributed by atoms with van der Waals surface area (Å²) in [6, 6.07) is 1.25. The van der Waals surface area contributed by atoms with Crippen molar-refractivity contribution >= 4 is 11.8 Å². The van der Waals surface area contributed by atoms with Crippen LogP contribution in [0.1, 0.15) is 16.8 Å². The van der Waals surface area contributed by atoms with Crippen molar-refractivity contribution in [2.75, 3.05) is 0 Å². The Morgan fingerprint density at radius 3 is 2.44 bits per heavy atom. The molecule has 6 heteroatoms. The van der Waals surface area contributed by atoms with Gasteiger partial charge in [0, 0.05) is 12.0 Å². The van der Waals surface area contributed by atoms with Gasteiger partial charge in [-0.15, -0.1) is 0 Å². The Bertz CT molecular complexity index is 434. The molecule has 0 saturated heterocycles. The van der Waals surface area contributed by atoms with Gasteiger partial charge >= 0.3 is 5.97 Å². The number of carbonyl (C=O) groups excluding carboxylic acids is 1. The highest BCUT2D eigenvalue weighted by molar-refractivity contribution is 5.98. The smallest absolute Gasteiger partial charge is 0.320 e. The average Bonchev–Trinajstić information content (AvgIpc) is 2.21. The number of hydrogen-bond donors (Lipinski definition) is 2. The van der Waals surface area contributed by atoms with Crippen molar-refractivity contribution < 1.29 is 23.5 Å². The van der Waals surface area contributed by atoms with Gasteiger partial charge in [0.15, 0.2) is 17.4 Å². The van der Waals surface area contributed by atoms with Gasteiger partial charge in [-0.2, -0.15) is 0 Å². The lowest BCUT2D eigenvalue weighted by Gasteiger charge is -2.05. The monoisotopic (exact) mass is 229 g/mol. The van der Waals surface area contributed by atoms with Crippen molar-refractivity contribution in [3.8, 4) is 0 Å². The molecule has 86 valence electrons. The number of carboxylic acid groups (broad SMARTS) is 1. The topological polar surface area (TPSA) is 80.4 Å². The van der Waals surface area contributed by atoms with Crippen molar-refractivity contribution in [3.63, 3.8) is 0 Å². The fourth-order valence-corrected chi connectivity index (χ4v) is 1.07. The summed E-state index contributed by atoms with van der Waals surface area (Å²) in [5, 5.41) is 8.47. The Morgan fingerprint density at radius 1 is 1.31 bits per heavy atom.